The third-order valence-electron chi connectivity index (χ3n) is 5.02. The SMILES string of the molecule is C[C@@H]1CCC[C@H](C)N1C(=O)CN1CCC[C@@H](CNS(N)(=O)=O)C1. The highest BCUT2D eigenvalue weighted by Gasteiger charge is 2.31. The minimum absolute atomic E-state index is 0.199. The lowest BCUT2D eigenvalue weighted by molar-refractivity contribution is -0.138. The summed E-state index contributed by atoms with van der Waals surface area (Å²) in [6, 6.07) is 0.631. The normalized spacial score (nSPS) is 30.4. The molecule has 0 spiro atoms. The number of nitrogens with one attached hydrogen (secondary N) is 1. The van der Waals surface area contributed by atoms with Gasteiger partial charge in [-0.05, 0) is 58.4 Å². The summed E-state index contributed by atoms with van der Waals surface area (Å²) in [5.74, 6) is 0.413. The van der Waals surface area contributed by atoms with Gasteiger partial charge in [0.25, 0.3) is 10.2 Å². The number of hydrogen-bond donors (Lipinski definition) is 2. The number of amides is 1. The van der Waals surface area contributed by atoms with Crippen LogP contribution in [0.25, 0.3) is 0 Å². The molecule has 2 heterocycles. The first-order valence-corrected chi connectivity index (χ1v) is 10.1. The van der Waals surface area contributed by atoms with Crippen LogP contribution in [0, 0.1) is 5.92 Å². The maximum absolute atomic E-state index is 12.7. The summed E-state index contributed by atoms with van der Waals surface area (Å²) in [6.45, 7) is 6.67. The summed E-state index contributed by atoms with van der Waals surface area (Å²) in [5, 5.41) is 4.98. The Balaban J connectivity index is 1.85. The van der Waals surface area contributed by atoms with E-state index >= 15 is 0 Å². The number of likely N-dealkylation sites (tertiary alicyclic amines) is 2. The van der Waals surface area contributed by atoms with Crippen molar-refractivity contribution in [2.45, 2.75) is 58.0 Å². The van der Waals surface area contributed by atoms with E-state index in [1.165, 1.54) is 6.42 Å². The van der Waals surface area contributed by atoms with Gasteiger partial charge in [0.05, 0.1) is 6.54 Å². The van der Waals surface area contributed by atoms with Crippen LogP contribution in [0.2, 0.25) is 0 Å². The van der Waals surface area contributed by atoms with Crippen molar-refractivity contribution >= 4 is 16.1 Å². The molecule has 2 fully saturated rings. The van der Waals surface area contributed by atoms with Gasteiger partial charge < -0.3 is 4.90 Å². The van der Waals surface area contributed by atoms with Crippen molar-refractivity contribution in [3.63, 3.8) is 0 Å². The van der Waals surface area contributed by atoms with Crippen LogP contribution in [0.3, 0.4) is 0 Å². The second-order valence-electron chi connectivity index (χ2n) is 7.07. The van der Waals surface area contributed by atoms with Gasteiger partial charge in [0.2, 0.25) is 5.91 Å². The number of nitrogens with two attached hydrogens (primary N) is 1. The molecule has 2 saturated heterocycles. The summed E-state index contributed by atoms with van der Waals surface area (Å²) in [6.07, 6.45) is 5.30. The van der Waals surface area contributed by atoms with Crippen molar-refractivity contribution in [3.8, 4) is 0 Å². The highest BCUT2D eigenvalue weighted by Crippen LogP contribution is 2.23. The monoisotopic (exact) mass is 346 g/mol. The number of hydrogen-bond acceptors (Lipinski definition) is 4. The number of carbonyl (C=O) groups is 1. The van der Waals surface area contributed by atoms with E-state index in [9.17, 15) is 13.2 Å². The molecule has 0 saturated carbocycles. The van der Waals surface area contributed by atoms with Crippen molar-refractivity contribution < 1.29 is 13.2 Å². The molecule has 2 aliphatic rings. The molecule has 0 unspecified atom stereocenters. The zero-order valence-corrected chi connectivity index (χ0v) is 15.0. The maximum Gasteiger partial charge on any atom is 0.274 e. The Morgan fingerprint density at radius 1 is 1.17 bits per heavy atom. The molecule has 0 aromatic heterocycles. The van der Waals surface area contributed by atoms with Gasteiger partial charge in [-0.15, -0.1) is 0 Å². The van der Waals surface area contributed by atoms with Crippen molar-refractivity contribution in [3.05, 3.63) is 0 Å². The summed E-state index contributed by atoms with van der Waals surface area (Å²) in [7, 11) is -3.64. The third kappa shape index (κ3) is 5.70. The molecule has 2 aliphatic heterocycles. The van der Waals surface area contributed by atoms with E-state index in [1.807, 2.05) is 4.90 Å². The van der Waals surface area contributed by atoms with E-state index < -0.39 is 10.2 Å². The lowest BCUT2D eigenvalue weighted by Gasteiger charge is -2.41. The van der Waals surface area contributed by atoms with Gasteiger partial charge in [0.15, 0.2) is 0 Å². The Hall–Kier alpha value is -0.700. The van der Waals surface area contributed by atoms with E-state index in [2.05, 4.69) is 23.5 Å². The average molecular weight is 346 g/mol. The topological polar surface area (TPSA) is 95.7 Å². The largest absolute Gasteiger partial charge is 0.336 e. The summed E-state index contributed by atoms with van der Waals surface area (Å²) < 4.78 is 24.4. The van der Waals surface area contributed by atoms with E-state index in [1.54, 1.807) is 0 Å². The fourth-order valence-electron chi connectivity index (χ4n) is 3.88. The molecule has 3 N–H and O–H groups in total. The molecule has 134 valence electrons. The summed E-state index contributed by atoms with van der Waals surface area (Å²) >= 11 is 0. The molecular weight excluding hydrogens is 316 g/mol. The molecule has 23 heavy (non-hydrogen) atoms. The fraction of sp³-hybridized carbons (Fsp3) is 0.933. The standard InChI is InChI=1S/C15H30N4O3S/c1-12-5-3-6-13(2)19(12)15(20)11-18-8-4-7-14(10-18)9-17-23(16,21)22/h12-14,17H,3-11H2,1-2H3,(H2,16,21,22)/t12-,13+,14-/m0/s1. The minimum atomic E-state index is -3.64. The molecule has 7 nitrogen and oxygen atoms in total. The highest BCUT2D eigenvalue weighted by molar-refractivity contribution is 7.87. The lowest BCUT2D eigenvalue weighted by Crippen LogP contribution is -2.52. The van der Waals surface area contributed by atoms with E-state index in [0.717, 1.165) is 38.8 Å². The second kappa shape index (κ2) is 7.92. The highest BCUT2D eigenvalue weighted by atomic mass is 32.2. The maximum atomic E-state index is 12.7. The number of carbonyl (C=O) groups excluding carboxylic acids is 1. The molecule has 0 aromatic carbocycles. The Morgan fingerprint density at radius 3 is 2.43 bits per heavy atom. The summed E-state index contributed by atoms with van der Waals surface area (Å²) in [4.78, 5) is 16.8. The Labute approximate surface area is 139 Å². The third-order valence-corrected chi connectivity index (χ3v) is 5.59. The van der Waals surface area contributed by atoms with Crippen LogP contribution in [0.1, 0.15) is 46.0 Å². The van der Waals surface area contributed by atoms with Crippen LogP contribution < -0.4 is 9.86 Å². The first-order chi connectivity index (χ1) is 10.8. The predicted octanol–water partition coefficient (Wildman–Crippen LogP) is 0.281. The predicted molar refractivity (Wildman–Crippen MR) is 89.9 cm³/mol. The van der Waals surface area contributed by atoms with Crippen LogP contribution in [-0.2, 0) is 15.0 Å². The van der Waals surface area contributed by atoms with Gasteiger partial charge >= 0.3 is 0 Å². The molecule has 0 bridgehead atoms. The minimum Gasteiger partial charge on any atom is -0.336 e. The van der Waals surface area contributed by atoms with Crippen molar-refractivity contribution in [2.75, 3.05) is 26.2 Å². The van der Waals surface area contributed by atoms with Crippen molar-refractivity contribution in [1.82, 2.24) is 14.5 Å². The van der Waals surface area contributed by atoms with Crippen LogP contribution in [0.5, 0.6) is 0 Å². The Kier molecular flexibility index (Phi) is 6.41. The Morgan fingerprint density at radius 2 is 1.83 bits per heavy atom. The van der Waals surface area contributed by atoms with E-state index in [0.29, 0.717) is 25.2 Å². The smallest absolute Gasteiger partial charge is 0.274 e. The van der Waals surface area contributed by atoms with Crippen LogP contribution in [-0.4, -0.2) is 62.4 Å². The second-order valence-corrected chi connectivity index (χ2v) is 8.45. The fourth-order valence-corrected chi connectivity index (χ4v) is 4.35. The first kappa shape index (κ1) is 18.6. The number of piperidine rings is 2. The first-order valence-electron chi connectivity index (χ1n) is 8.57. The molecular formula is C15H30N4O3S. The van der Waals surface area contributed by atoms with Gasteiger partial charge in [-0.1, -0.05) is 0 Å². The number of nitrogens with zero attached hydrogens (tertiary/aromatic N) is 2. The quantitative estimate of drug-likeness (QED) is 0.747. The van der Waals surface area contributed by atoms with Crippen LogP contribution >= 0.6 is 0 Å². The molecule has 3 atom stereocenters. The van der Waals surface area contributed by atoms with Crippen molar-refractivity contribution in [2.24, 2.45) is 11.1 Å². The zero-order chi connectivity index (χ0) is 17.0. The van der Waals surface area contributed by atoms with E-state index in [4.69, 9.17) is 5.14 Å². The van der Waals surface area contributed by atoms with Crippen molar-refractivity contribution in [1.29, 1.82) is 0 Å². The summed E-state index contributed by atoms with van der Waals surface area (Å²) in [5.41, 5.74) is 0. The molecule has 0 radical (unpaired) electrons. The molecule has 8 heteroatoms. The average Bonchev–Trinajstić information content (AvgIpc) is 2.44. The molecule has 0 aliphatic carbocycles. The van der Waals surface area contributed by atoms with Crippen LogP contribution in [0.15, 0.2) is 0 Å². The van der Waals surface area contributed by atoms with Gasteiger partial charge in [0, 0.05) is 25.2 Å². The van der Waals surface area contributed by atoms with Gasteiger partial charge in [-0.3, -0.25) is 9.69 Å². The number of rotatable bonds is 5. The molecule has 0 aromatic rings. The lowest BCUT2D eigenvalue weighted by atomic mass is 9.96. The van der Waals surface area contributed by atoms with Gasteiger partial charge in [-0.25, -0.2) is 9.86 Å². The van der Waals surface area contributed by atoms with Gasteiger partial charge in [-0.2, -0.15) is 8.42 Å². The van der Waals surface area contributed by atoms with Crippen LogP contribution in [0.4, 0.5) is 0 Å². The molecule has 2 rings (SSSR count). The molecule has 1 amide bonds. The van der Waals surface area contributed by atoms with E-state index in [-0.39, 0.29) is 11.8 Å². The zero-order valence-electron chi connectivity index (χ0n) is 14.2. The van der Waals surface area contributed by atoms with Gasteiger partial charge in [0.1, 0.15) is 0 Å². The Bertz CT molecular complexity index is 501.